The van der Waals surface area contributed by atoms with E-state index in [9.17, 15) is 29.4 Å². The lowest BCUT2D eigenvalue weighted by molar-refractivity contribution is -0.148. The summed E-state index contributed by atoms with van der Waals surface area (Å²) in [6.45, 7) is 3.44. The fourth-order valence-electron chi connectivity index (χ4n) is 3.86. The molecule has 7 N–H and O–H groups in total. The quantitative estimate of drug-likeness (QED) is 0.295. The van der Waals surface area contributed by atoms with Crippen molar-refractivity contribution < 1.29 is 29.4 Å². The van der Waals surface area contributed by atoms with Gasteiger partial charge in [-0.3, -0.25) is 19.2 Å². The lowest BCUT2D eigenvalue weighted by Gasteiger charge is -2.33. The molecule has 0 saturated carbocycles. The Labute approximate surface area is 169 Å². The van der Waals surface area contributed by atoms with Crippen LogP contribution in [0, 0.1) is 0 Å². The van der Waals surface area contributed by atoms with Crippen LogP contribution in [0.4, 0.5) is 0 Å². The van der Waals surface area contributed by atoms with Crippen molar-refractivity contribution in [3.63, 3.8) is 0 Å². The number of carbonyl (C=O) groups excluding carboxylic acids is 4. The topological polar surface area (TPSA) is 179 Å². The third-order valence-corrected chi connectivity index (χ3v) is 5.55. The van der Waals surface area contributed by atoms with E-state index < -0.39 is 54.1 Å². The third-order valence-electron chi connectivity index (χ3n) is 5.55. The largest absolute Gasteiger partial charge is 0.391 e. The van der Waals surface area contributed by atoms with Crippen LogP contribution >= 0.6 is 0 Å². The molecule has 2 heterocycles. The van der Waals surface area contributed by atoms with Gasteiger partial charge in [0.1, 0.15) is 24.2 Å². The Balaban J connectivity index is 2.11. The van der Waals surface area contributed by atoms with Gasteiger partial charge in [-0.2, -0.15) is 0 Å². The lowest BCUT2D eigenvalue weighted by Crippen LogP contribution is -2.58. The van der Waals surface area contributed by atoms with Gasteiger partial charge in [-0.05, 0) is 39.5 Å². The number of carbonyl (C=O) groups is 4. The minimum Gasteiger partial charge on any atom is -0.391 e. The number of aliphatic hydroxyl groups excluding tert-OH is 2. The normalized spacial score (nSPS) is 26.0. The van der Waals surface area contributed by atoms with Crippen molar-refractivity contribution >= 4 is 23.6 Å². The molecular formula is C18H31N5O6. The Morgan fingerprint density at radius 1 is 0.966 bits per heavy atom. The van der Waals surface area contributed by atoms with E-state index in [1.165, 1.54) is 23.6 Å². The SMILES string of the molecule is C[C@@H](O)C(N)C(=O)N1CCC[C@H]1C(=O)N1CCCC1C(=O)N[C@H](C(N)=O)[C@@H](C)O. The van der Waals surface area contributed by atoms with E-state index in [1.54, 1.807) is 0 Å². The van der Waals surface area contributed by atoms with Crippen LogP contribution in [0.15, 0.2) is 0 Å². The minimum absolute atomic E-state index is 0.341. The first-order chi connectivity index (χ1) is 13.6. The molecule has 164 valence electrons. The standard InChI is InChI=1S/C18H31N5O6/c1-9(24)13(19)18(29)23-8-4-6-12(23)17(28)22-7-3-5-11(22)16(27)21-14(10(2)25)15(20)26/h9-14,24-25H,3-8,19H2,1-2H3,(H2,20,26)(H,21,27)/t9-,10-,11?,12+,13?,14+/m1/s1. The molecule has 11 nitrogen and oxygen atoms in total. The summed E-state index contributed by atoms with van der Waals surface area (Å²) in [7, 11) is 0. The van der Waals surface area contributed by atoms with E-state index in [2.05, 4.69) is 5.32 Å². The fourth-order valence-corrected chi connectivity index (χ4v) is 3.86. The Morgan fingerprint density at radius 3 is 2.03 bits per heavy atom. The van der Waals surface area contributed by atoms with Gasteiger partial charge in [0.25, 0.3) is 0 Å². The highest BCUT2D eigenvalue weighted by molar-refractivity contribution is 5.95. The van der Waals surface area contributed by atoms with Crippen molar-refractivity contribution in [3.05, 3.63) is 0 Å². The summed E-state index contributed by atoms with van der Waals surface area (Å²) in [5.41, 5.74) is 11.0. The number of aliphatic hydroxyl groups is 2. The van der Waals surface area contributed by atoms with Gasteiger partial charge in [-0.1, -0.05) is 0 Å². The van der Waals surface area contributed by atoms with Crippen molar-refractivity contribution in [1.29, 1.82) is 0 Å². The van der Waals surface area contributed by atoms with Crippen LogP contribution in [0.1, 0.15) is 39.5 Å². The number of hydrogen-bond acceptors (Lipinski definition) is 7. The number of nitrogens with two attached hydrogens (primary N) is 2. The van der Waals surface area contributed by atoms with E-state index in [4.69, 9.17) is 11.5 Å². The van der Waals surface area contributed by atoms with Gasteiger partial charge in [-0.15, -0.1) is 0 Å². The minimum atomic E-state index is -1.26. The second-order valence-electron chi connectivity index (χ2n) is 7.77. The molecule has 0 aromatic heterocycles. The molecule has 0 aliphatic carbocycles. The molecule has 0 aromatic rings. The summed E-state index contributed by atoms with van der Waals surface area (Å²) in [6, 6.07) is -3.94. The van der Waals surface area contributed by atoms with Gasteiger partial charge in [0.05, 0.1) is 12.2 Å². The Bertz CT molecular complexity index is 655. The highest BCUT2D eigenvalue weighted by Crippen LogP contribution is 2.25. The summed E-state index contributed by atoms with van der Waals surface area (Å²) in [5, 5.41) is 21.6. The molecule has 2 saturated heterocycles. The van der Waals surface area contributed by atoms with E-state index in [-0.39, 0.29) is 5.91 Å². The predicted molar refractivity (Wildman–Crippen MR) is 102 cm³/mol. The Morgan fingerprint density at radius 2 is 1.52 bits per heavy atom. The maximum atomic E-state index is 13.1. The smallest absolute Gasteiger partial charge is 0.246 e. The first-order valence-electron chi connectivity index (χ1n) is 9.88. The van der Waals surface area contributed by atoms with Gasteiger partial charge >= 0.3 is 0 Å². The van der Waals surface area contributed by atoms with Gasteiger partial charge in [-0.25, -0.2) is 0 Å². The average molecular weight is 413 g/mol. The summed E-state index contributed by atoms with van der Waals surface area (Å²) in [6.07, 6.45) is -0.170. The Kier molecular flexibility index (Phi) is 7.55. The molecule has 29 heavy (non-hydrogen) atoms. The number of nitrogens with one attached hydrogen (secondary N) is 1. The van der Waals surface area contributed by atoms with Crippen molar-refractivity contribution in [2.45, 2.75) is 75.9 Å². The number of primary amides is 1. The molecule has 4 amide bonds. The molecule has 2 aliphatic heterocycles. The molecule has 0 aromatic carbocycles. The molecule has 0 radical (unpaired) electrons. The van der Waals surface area contributed by atoms with Crippen molar-refractivity contribution in [2.24, 2.45) is 11.5 Å². The predicted octanol–water partition coefficient (Wildman–Crippen LogP) is -2.97. The van der Waals surface area contributed by atoms with E-state index in [1.807, 2.05) is 0 Å². The molecule has 2 aliphatic rings. The van der Waals surface area contributed by atoms with Gasteiger partial charge in [0.2, 0.25) is 23.6 Å². The Hall–Kier alpha value is -2.24. The zero-order valence-electron chi connectivity index (χ0n) is 16.8. The zero-order valence-corrected chi connectivity index (χ0v) is 16.8. The maximum Gasteiger partial charge on any atom is 0.246 e. The van der Waals surface area contributed by atoms with E-state index >= 15 is 0 Å². The van der Waals surface area contributed by atoms with Crippen molar-refractivity contribution in [2.75, 3.05) is 13.1 Å². The number of nitrogens with zero attached hydrogens (tertiary/aromatic N) is 2. The summed E-state index contributed by atoms with van der Waals surface area (Å²) in [4.78, 5) is 52.5. The highest BCUT2D eigenvalue weighted by atomic mass is 16.3. The monoisotopic (exact) mass is 413 g/mol. The van der Waals surface area contributed by atoms with Crippen LogP contribution in [-0.4, -0.2) is 93.1 Å². The van der Waals surface area contributed by atoms with Gasteiger partial charge in [0.15, 0.2) is 0 Å². The summed E-state index contributed by atoms with van der Waals surface area (Å²) in [5.74, 6) is -2.31. The second-order valence-corrected chi connectivity index (χ2v) is 7.77. The van der Waals surface area contributed by atoms with E-state index in [0.717, 1.165) is 0 Å². The first-order valence-corrected chi connectivity index (χ1v) is 9.88. The number of likely N-dealkylation sites (tertiary alicyclic amines) is 2. The average Bonchev–Trinajstić information content (AvgIpc) is 3.32. The highest BCUT2D eigenvalue weighted by Gasteiger charge is 2.43. The molecular weight excluding hydrogens is 382 g/mol. The molecule has 2 rings (SSSR count). The molecule has 0 spiro atoms. The van der Waals surface area contributed by atoms with Crippen LogP contribution in [0.2, 0.25) is 0 Å². The molecule has 6 atom stereocenters. The fraction of sp³-hybridized carbons (Fsp3) is 0.778. The van der Waals surface area contributed by atoms with Crippen LogP contribution in [-0.2, 0) is 19.2 Å². The molecule has 2 unspecified atom stereocenters. The number of amides is 4. The van der Waals surface area contributed by atoms with Crippen molar-refractivity contribution in [1.82, 2.24) is 15.1 Å². The molecule has 11 heteroatoms. The van der Waals surface area contributed by atoms with Gasteiger partial charge in [0, 0.05) is 13.1 Å². The summed E-state index contributed by atoms with van der Waals surface area (Å²) >= 11 is 0. The van der Waals surface area contributed by atoms with Crippen LogP contribution in [0.5, 0.6) is 0 Å². The number of hydrogen-bond donors (Lipinski definition) is 5. The lowest BCUT2D eigenvalue weighted by atomic mass is 10.1. The number of rotatable bonds is 7. The van der Waals surface area contributed by atoms with Crippen LogP contribution in [0.25, 0.3) is 0 Å². The third kappa shape index (κ3) is 5.03. The molecule has 0 bridgehead atoms. The van der Waals surface area contributed by atoms with Crippen LogP contribution < -0.4 is 16.8 Å². The zero-order chi connectivity index (χ0) is 21.9. The second kappa shape index (κ2) is 9.51. The molecule has 2 fully saturated rings. The van der Waals surface area contributed by atoms with Gasteiger partial charge < -0.3 is 36.8 Å². The maximum absolute atomic E-state index is 13.1. The first kappa shape index (κ1) is 23.0. The van der Waals surface area contributed by atoms with Crippen molar-refractivity contribution in [3.8, 4) is 0 Å². The van der Waals surface area contributed by atoms with E-state index in [0.29, 0.717) is 38.8 Å². The van der Waals surface area contributed by atoms with Crippen LogP contribution in [0.3, 0.4) is 0 Å². The summed E-state index contributed by atoms with van der Waals surface area (Å²) < 4.78 is 0.